The van der Waals surface area contributed by atoms with Gasteiger partial charge in [0.25, 0.3) is 0 Å². The van der Waals surface area contributed by atoms with Crippen LogP contribution in [0.4, 0.5) is 18.9 Å². The summed E-state index contributed by atoms with van der Waals surface area (Å²) in [6, 6.07) is 4.43. The predicted molar refractivity (Wildman–Crippen MR) is 54.6 cm³/mol. The summed E-state index contributed by atoms with van der Waals surface area (Å²) >= 11 is 0. The number of ether oxygens (including phenoxy) is 1. The van der Waals surface area contributed by atoms with Crippen LogP contribution < -0.4 is 10.1 Å². The Labute approximate surface area is 91.4 Å². The van der Waals surface area contributed by atoms with E-state index in [0.717, 1.165) is 24.2 Å². The second kappa shape index (κ2) is 3.88. The molecule has 2 nitrogen and oxygen atoms in total. The Bertz CT molecular complexity index is 389. The van der Waals surface area contributed by atoms with Gasteiger partial charge in [0, 0.05) is 18.2 Å². The highest BCUT2D eigenvalue weighted by atomic mass is 19.4. The van der Waals surface area contributed by atoms with Gasteiger partial charge < -0.3 is 10.1 Å². The summed E-state index contributed by atoms with van der Waals surface area (Å²) in [6.45, 7) is 2.79. The van der Waals surface area contributed by atoms with E-state index in [0.29, 0.717) is 0 Å². The second-order valence-corrected chi connectivity index (χ2v) is 3.78. The molecule has 88 valence electrons. The van der Waals surface area contributed by atoms with Crippen molar-refractivity contribution in [2.75, 3.05) is 11.9 Å². The Hall–Kier alpha value is -1.39. The van der Waals surface area contributed by atoms with E-state index >= 15 is 0 Å². The maximum atomic E-state index is 12.0. The molecular weight excluding hydrogens is 219 g/mol. The van der Waals surface area contributed by atoms with Crippen molar-refractivity contribution in [2.24, 2.45) is 0 Å². The maximum absolute atomic E-state index is 12.0. The van der Waals surface area contributed by atoms with Crippen molar-refractivity contribution in [3.8, 4) is 5.75 Å². The van der Waals surface area contributed by atoms with Crippen LogP contribution in [0.25, 0.3) is 0 Å². The number of rotatable bonds is 2. The van der Waals surface area contributed by atoms with Crippen LogP contribution in [-0.2, 0) is 0 Å². The van der Waals surface area contributed by atoms with E-state index < -0.39 is 6.36 Å². The Morgan fingerprint density at radius 3 is 2.81 bits per heavy atom. The molecule has 0 unspecified atom stereocenters. The number of fused-ring (bicyclic) bond motifs is 1. The molecule has 1 aliphatic rings. The van der Waals surface area contributed by atoms with Crippen LogP contribution >= 0.6 is 0 Å². The zero-order valence-electron chi connectivity index (χ0n) is 8.77. The van der Waals surface area contributed by atoms with Crippen LogP contribution in [0.5, 0.6) is 5.75 Å². The molecular formula is C11H12F3NO. The van der Waals surface area contributed by atoms with E-state index in [4.69, 9.17) is 0 Å². The minimum Gasteiger partial charge on any atom is -0.406 e. The van der Waals surface area contributed by atoms with E-state index in [-0.39, 0.29) is 11.7 Å². The molecule has 2 rings (SSSR count). The topological polar surface area (TPSA) is 21.3 Å². The number of anilines is 1. The summed E-state index contributed by atoms with van der Waals surface area (Å²) in [5, 5.41) is 3.15. The Morgan fingerprint density at radius 2 is 2.19 bits per heavy atom. The zero-order valence-corrected chi connectivity index (χ0v) is 8.77. The van der Waals surface area contributed by atoms with Crippen LogP contribution in [0.15, 0.2) is 18.2 Å². The van der Waals surface area contributed by atoms with Crippen molar-refractivity contribution in [1.29, 1.82) is 0 Å². The lowest BCUT2D eigenvalue weighted by Gasteiger charge is -2.11. The summed E-state index contributed by atoms with van der Waals surface area (Å²) in [4.78, 5) is 0. The van der Waals surface area contributed by atoms with Crippen molar-refractivity contribution >= 4 is 5.69 Å². The molecule has 1 heterocycles. The number of nitrogens with one attached hydrogen (secondary N) is 1. The highest BCUT2D eigenvalue weighted by molar-refractivity contribution is 5.60. The first-order chi connectivity index (χ1) is 7.49. The third-order valence-electron chi connectivity index (χ3n) is 2.73. The largest absolute Gasteiger partial charge is 0.573 e. The Kier molecular flexibility index (Phi) is 2.69. The van der Waals surface area contributed by atoms with Gasteiger partial charge in [-0.1, -0.05) is 6.92 Å². The van der Waals surface area contributed by atoms with Gasteiger partial charge >= 0.3 is 6.36 Å². The first kappa shape index (κ1) is 11.1. The average Bonchev–Trinajstić information content (AvgIpc) is 2.57. The van der Waals surface area contributed by atoms with Crippen molar-refractivity contribution in [3.05, 3.63) is 23.8 Å². The Balaban J connectivity index is 2.25. The normalized spacial score (nSPS) is 19.1. The van der Waals surface area contributed by atoms with Crippen molar-refractivity contribution in [2.45, 2.75) is 25.6 Å². The summed E-state index contributed by atoms with van der Waals surface area (Å²) in [5.41, 5.74) is 1.81. The lowest BCUT2D eigenvalue weighted by Crippen LogP contribution is -2.17. The quantitative estimate of drug-likeness (QED) is 0.841. The molecule has 1 aromatic carbocycles. The molecule has 0 saturated heterocycles. The molecule has 0 aromatic heterocycles. The standard InChI is InChI=1S/C11H12F3NO/c1-2-7-6-15-10-4-3-8(5-9(7)10)16-11(12,13)14/h3-5,7,15H,2,6H2,1H3/t7-/m0/s1. The van der Waals surface area contributed by atoms with Crippen molar-refractivity contribution in [3.63, 3.8) is 0 Å². The van der Waals surface area contributed by atoms with Crippen LogP contribution in [0.2, 0.25) is 0 Å². The first-order valence-corrected chi connectivity index (χ1v) is 5.13. The second-order valence-electron chi connectivity index (χ2n) is 3.78. The van der Waals surface area contributed by atoms with E-state index in [1.165, 1.54) is 12.1 Å². The summed E-state index contributed by atoms with van der Waals surface area (Å²) in [7, 11) is 0. The smallest absolute Gasteiger partial charge is 0.406 e. The first-order valence-electron chi connectivity index (χ1n) is 5.13. The molecule has 16 heavy (non-hydrogen) atoms. The summed E-state index contributed by atoms with van der Waals surface area (Å²) < 4.78 is 40.0. The number of hydrogen-bond donors (Lipinski definition) is 1. The lowest BCUT2D eigenvalue weighted by atomic mass is 9.99. The third kappa shape index (κ3) is 2.23. The van der Waals surface area contributed by atoms with Crippen LogP contribution in [-0.4, -0.2) is 12.9 Å². The SMILES string of the molecule is CC[C@H]1CNc2ccc(OC(F)(F)F)cc21. The van der Waals surface area contributed by atoms with Crippen molar-refractivity contribution < 1.29 is 17.9 Å². The van der Waals surface area contributed by atoms with Gasteiger partial charge in [-0.05, 0) is 30.2 Å². The van der Waals surface area contributed by atoms with Gasteiger partial charge in [0.15, 0.2) is 0 Å². The molecule has 1 atom stereocenters. The predicted octanol–water partition coefficient (Wildman–Crippen LogP) is 3.50. The fraction of sp³-hybridized carbons (Fsp3) is 0.455. The maximum Gasteiger partial charge on any atom is 0.573 e. The van der Waals surface area contributed by atoms with Gasteiger partial charge in [-0.2, -0.15) is 0 Å². The molecule has 0 spiro atoms. The third-order valence-corrected chi connectivity index (χ3v) is 2.73. The molecule has 0 bridgehead atoms. The average molecular weight is 231 g/mol. The minimum absolute atomic E-state index is 0.145. The van der Waals surface area contributed by atoms with Crippen molar-refractivity contribution in [1.82, 2.24) is 0 Å². The summed E-state index contributed by atoms with van der Waals surface area (Å²) in [6.07, 6.45) is -3.72. The number of alkyl halides is 3. The molecule has 0 fully saturated rings. The van der Waals surface area contributed by atoms with Crippen LogP contribution in [0.1, 0.15) is 24.8 Å². The Morgan fingerprint density at radius 1 is 1.44 bits per heavy atom. The van der Waals surface area contributed by atoms with E-state index in [1.54, 1.807) is 6.07 Å². The van der Waals surface area contributed by atoms with E-state index in [1.807, 2.05) is 6.92 Å². The molecule has 1 N–H and O–H groups in total. The zero-order chi connectivity index (χ0) is 11.8. The molecule has 0 amide bonds. The summed E-state index contributed by atoms with van der Waals surface area (Å²) in [5.74, 6) is 0.125. The molecule has 0 aliphatic carbocycles. The fourth-order valence-electron chi connectivity index (χ4n) is 1.94. The van der Waals surface area contributed by atoms with Crippen LogP contribution in [0, 0.1) is 0 Å². The lowest BCUT2D eigenvalue weighted by molar-refractivity contribution is -0.274. The number of hydrogen-bond acceptors (Lipinski definition) is 2. The highest BCUT2D eigenvalue weighted by Gasteiger charge is 2.32. The minimum atomic E-state index is -4.62. The van der Waals surface area contributed by atoms with Gasteiger partial charge in [-0.25, -0.2) is 0 Å². The molecule has 1 aromatic rings. The molecule has 0 radical (unpaired) electrons. The monoisotopic (exact) mass is 231 g/mol. The van der Waals surface area contributed by atoms with Crippen LogP contribution in [0.3, 0.4) is 0 Å². The highest BCUT2D eigenvalue weighted by Crippen LogP contribution is 2.37. The van der Waals surface area contributed by atoms with Gasteiger partial charge in [0.05, 0.1) is 0 Å². The molecule has 1 aliphatic heterocycles. The number of halogens is 3. The van der Waals surface area contributed by atoms with E-state index in [9.17, 15) is 13.2 Å². The van der Waals surface area contributed by atoms with E-state index in [2.05, 4.69) is 10.1 Å². The van der Waals surface area contributed by atoms with Gasteiger partial charge in [0.2, 0.25) is 0 Å². The van der Waals surface area contributed by atoms with Gasteiger partial charge in [-0.15, -0.1) is 13.2 Å². The fourth-order valence-corrected chi connectivity index (χ4v) is 1.94. The number of benzene rings is 1. The van der Waals surface area contributed by atoms with Gasteiger partial charge in [-0.3, -0.25) is 0 Å². The van der Waals surface area contributed by atoms with Gasteiger partial charge in [0.1, 0.15) is 5.75 Å². The molecule has 5 heteroatoms. The molecule has 0 saturated carbocycles.